The van der Waals surface area contributed by atoms with Crippen LogP contribution in [0.25, 0.3) is 0 Å². The number of hydrogen-bond acceptors (Lipinski definition) is 3. The summed E-state index contributed by atoms with van der Waals surface area (Å²) in [6.07, 6.45) is 4.19. The van der Waals surface area contributed by atoms with Crippen molar-refractivity contribution < 1.29 is 4.39 Å². The molecule has 0 bridgehead atoms. The van der Waals surface area contributed by atoms with E-state index in [1.807, 2.05) is 30.1 Å². The second-order valence-corrected chi connectivity index (χ2v) is 4.50. The zero-order valence-electron chi connectivity index (χ0n) is 11.0. The van der Waals surface area contributed by atoms with Gasteiger partial charge in [-0.1, -0.05) is 18.2 Å². The van der Waals surface area contributed by atoms with E-state index in [0.717, 1.165) is 11.1 Å². The summed E-state index contributed by atoms with van der Waals surface area (Å²) in [5, 5.41) is 0. The molecule has 4 heteroatoms. The van der Waals surface area contributed by atoms with E-state index in [1.165, 1.54) is 6.07 Å². The third-order valence-electron chi connectivity index (χ3n) is 3.01. The van der Waals surface area contributed by atoms with Crippen molar-refractivity contribution in [1.29, 1.82) is 0 Å². The number of hydrogen-bond donors (Lipinski definition) is 1. The van der Waals surface area contributed by atoms with E-state index in [-0.39, 0.29) is 5.82 Å². The van der Waals surface area contributed by atoms with Gasteiger partial charge >= 0.3 is 0 Å². The fraction of sp³-hybridized carbons (Fsp3) is 0.267. The average Bonchev–Trinajstić information content (AvgIpc) is 2.40. The van der Waals surface area contributed by atoms with Crippen LogP contribution in [0.2, 0.25) is 0 Å². The summed E-state index contributed by atoms with van der Waals surface area (Å²) in [6, 6.07) is 8.99. The number of halogens is 1. The van der Waals surface area contributed by atoms with Crippen LogP contribution >= 0.6 is 0 Å². The number of rotatable bonds is 5. The van der Waals surface area contributed by atoms with Crippen LogP contribution in [-0.4, -0.2) is 18.6 Å². The van der Waals surface area contributed by atoms with Gasteiger partial charge in [0.15, 0.2) is 0 Å². The van der Waals surface area contributed by atoms with Crippen LogP contribution in [0.5, 0.6) is 0 Å². The standard InChI is InChI=1S/C15H18FN3/c1-19(11-12-4-3-9-18-10-12)15-13(7-8-17)5-2-6-14(15)16/h2-6,9-10H,7-8,11,17H2,1H3. The first-order chi connectivity index (χ1) is 9.22. The van der Waals surface area contributed by atoms with Gasteiger partial charge in [0.05, 0.1) is 5.69 Å². The molecule has 0 saturated heterocycles. The topological polar surface area (TPSA) is 42.2 Å². The monoisotopic (exact) mass is 259 g/mol. The van der Waals surface area contributed by atoms with Crippen LogP contribution < -0.4 is 10.6 Å². The molecule has 0 unspecified atom stereocenters. The van der Waals surface area contributed by atoms with Gasteiger partial charge in [0.1, 0.15) is 5.82 Å². The number of anilines is 1. The number of benzene rings is 1. The summed E-state index contributed by atoms with van der Waals surface area (Å²) in [4.78, 5) is 5.97. The van der Waals surface area contributed by atoms with E-state index < -0.39 is 0 Å². The van der Waals surface area contributed by atoms with E-state index in [1.54, 1.807) is 18.5 Å². The molecule has 2 aromatic rings. The van der Waals surface area contributed by atoms with Gasteiger partial charge in [-0.05, 0) is 36.2 Å². The average molecular weight is 259 g/mol. The maximum atomic E-state index is 14.0. The van der Waals surface area contributed by atoms with E-state index in [9.17, 15) is 4.39 Å². The van der Waals surface area contributed by atoms with Gasteiger partial charge in [0.25, 0.3) is 0 Å². The van der Waals surface area contributed by atoms with Gasteiger partial charge in [-0.3, -0.25) is 4.98 Å². The van der Waals surface area contributed by atoms with E-state index in [0.29, 0.717) is 25.2 Å². The maximum absolute atomic E-state index is 14.0. The molecule has 0 aliphatic heterocycles. The molecule has 3 nitrogen and oxygen atoms in total. The first-order valence-corrected chi connectivity index (χ1v) is 6.30. The predicted octanol–water partition coefficient (Wildman–Crippen LogP) is 2.36. The van der Waals surface area contributed by atoms with Crippen molar-refractivity contribution in [2.24, 2.45) is 5.73 Å². The van der Waals surface area contributed by atoms with Crippen LogP contribution in [0.15, 0.2) is 42.7 Å². The summed E-state index contributed by atoms with van der Waals surface area (Å²) in [7, 11) is 1.88. The Kier molecular flexibility index (Phi) is 4.47. The third-order valence-corrected chi connectivity index (χ3v) is 3.01. The Hall–Kier alpha value is -1.94. The summed E-state index contributed by atoms with van der Waals surface area (Å²) >= 11 is 0. The number of pyridine rings is 1. The van der Waals surface area contributed by atoms with Crippen molar-refractivity contribution >= 4 is 5.69 Å². The molecule has 0 amide bonds. The van der Waals surface area contributed by atoms with Crippen LogP contribution in [0.1, 0.15) is 11.1 Å². The minimum Gasteiger partial charge on any atom is -0.368 e. The van der Waals surface area contributed by atoms with Gasteiger partial charge in [0, 0.05) is 26.0 Å². The number of nitrogens with two attached hydrogens (primary N) is 1. The SMILES string of the molecule is CN(Cc1cccnc1)c1c(F)cccc1CCN. The van der Waals surface area contributed by atoms with Crippen LogP contribution in [0, 0.1) is 5.82 Å². The predicted molar refractivity (Wildman–Crippen MR) is 75.5 cm³/mol. The fourth-order valence-electron chi connectivity index (χ4n) is 2.19. The number of nitrogens with zero attached hydrogens (tertiary/aromatic N) is 2. The molecule has 19 heavy (non-hydrogen) atoms. The van der Waals surface area contributed by atoms with Crippen LogP contribution in [0.3, 0.4) is 0 Å². The molecule has 0 aliphatic rings. The molecule has 1 aromatic heterocycles. The van der Waals surface area contributed by atoms with Gasteiger partial charge in [-0.25, -0.2) is 4.39 Å². The van der Waals surface area contributed by atoms with Crippen molar-refractivity contribution in [3.05, 3.63) is 59.7 Å². The van der Waals surface area contributed by atoms with Crippen LogP contribution in [0.4, 0.5) is 10.1 Å². The Morgan fingerprint density at radius 2 is 2.11 bits per heavy atom. The van der Waals surface area contributed by atoms with Crippen molar-refractivity contribution in [3.8, 4) is 0 Å². The normalized spacial score (nSPS) is 10.5. The van der Waals surface area contributed by atoms with Crippen molar-refractivity contribution in [2.75, 3.05) is 18.5 Å². The zero-order chi connectivity index (χ0) is 13.7. The minimum atomic E-state index is -0.211. The Morgan fingerprint density at radius 3 is 2.79 bits per heavy atom. The Morgan fingerprint density at radius 1 is 1.26 bits per heavy atom. The quantitative estimate of drug-likeness (QED) is 0.896. The lowest BCUT2D eigenvalue weighted by molar-refractivity contribution is 0.619. The molecular weight excluding hydrogens is 241 g/mol. The van der Waals surface area contributed by atoms with E-state index in [2.05, 4.69) is 4.98 Å². The molecule has 2 N–H and O–H groups in total. The van der Waals surface area contributed by atoms with Gasteiger partial charge in [0.2, 0.25) is 0 Å². The molecule has 0 atom stereocenters. The highest BCUT2D eigenvalue weighted by Gasteiger charge is 2.12. The maximum Gasteiger partial charge on any atom is 0.146 e. The van der Waals surface area contributed by atoms with Crippen molar-refractivity contribution in [3.63, 3.8) is 0 Å². The highest BCUT2D eigenvalue weighted by Crippen LogP contribution is 2.25. The Balaban J connectivity index is 2.25. The van der Waals surface area contributed by atoms with E-state index in [4.69, 9.17) is 5.73 Å². The largest absolute Gasteiger partial charge is 0.368 e. The molecule has 1 aromatic carbocycles. The summed E-state index contributed by atoms with van der Waals surface area (Å²) in [5.41, 5.74) is 8.19. The first kappa shape index (κ1) is 13.5. The van der Waals surface area contributed by atoms with Gasteiger partial charge < -0.3 is 10.6 Å². The lowest BCUT2D eigenvalue weighted by atomic mass is 10.1. The summed E-state index contributed by atoms with van der Waals surface area (Å²) < 4.78 is 14.0. The molecule has 0 aliphatic carbocycles. The molecule has 0 spiro atoms. The molecule has 0 radical (unpaired) electrons. The third kappa shape index (κ3) is 3.29. The number of aromatic nitrogens is 1. The molecule has 100 valence electrons. The highest BCUT2D eigenvalue weighted by molar-refractivity contribution is 5.54. The summed E-state index contributed by atoms with van der Waals surface area (Å²) in [5.74, 6) is -0.211. The second-order valence-electron chi connectivity index (χ2n) is 4.50. The molecule has 2 rings (SSSR count). The lowest BCUT2D eigenvalue weighted by Crippen LogP contribution is -2.20. The van der Waals surface area contributed by atoms with Gasteiger partial charge in [-0.15, -0.1) is 0 Å². The second kappa shape index (κ2) is 6.29. The Labute approximate surface area is 112 Å². The summed E-state index contributed by atoms with van der Waals surface area (Å²) in [6.45, 7) is 1.13. The van der Waals surface area contributed by atoms with Gasteiger partial charge in [-0.2, -0.15) is 0 Å². The Bertz CT molecular complexity index is 528. The zero-order valence-corrected chi connectivity index (χ0v) is 11.0. The fourth-order valence-corrected chi connectivity index (χ4v) is 2.19. The van der Waals surface area contributed by atoms with Crippen LogP contribution in [-0.2, 0) is 13.0 Å². The smallest absolute Gasteiger partial charge is 0.146 e. The lowest BCUT2D eigenvalue weighted by Gasteiger charge is -2.23. The molecular formula is C15H18FN3. The molecule has 1 heterocycles. The molecule has 0 fully saturated rings. The van der Waals surface area contributed by atoms with E-state index >= 15 is 0 Å². The van der Waals surface area contributed by atoms with Crippen molar-refractivity contribution in [2.45, 2.75) is 13.0 Å². The molecule has 0 saturated carbocycles. The number of para-hydroxylation sites is 1. The minimum absolute atomic E-state index is 0.211. The van der Waals surface area contributed by atoms with Crippen molar-refractivity contribution in [1.82, 2.24) is 4.98 Å². The highest BCUT2D eigenvalue weighted by atomic mass is 19.1. The first-order valence-electron chi connectivity index (χ1n) is 6.30.